The zero-order valence-electron chi connectivity index (χ0n) is 11.9. The van der Waals surface area contributed by atoms with Crippen LogP contribution >= 0.6 is 0 Å². The number of phenolic OH excluding ortho intramolecular Hbond substituents is 2. The number of Topliss-reactive ketones (excluding diaryl/α,β-unsaturated/α-hetero) is 1. The molecule has 5 heteroatoms. The summed E-state index contributed by atoms with van der Waals surface area (Å²) in [5, 5.41) is 21.8. The Bertz CT molecular complexity index is 748. The number of methoxy groups -OCH3 is 2. The molecule has 0 spiro atoms. The second-order valence-electron chi connectivity index (χ2n) is 5.08. The van der Waals surface area contributed by atoms with Crippen LogP contribution in [-0.2, 0) is 6.42 Å². The molecule has 2 aromatic rings. The molecule has 0 heterocycles. The van der Waals surface area contributed by atoms with Crippen molar-refractivity contribution in [2.45, 2.75) is 19.3 Å². The summed E-state index contributed by atoms with van der Waals surface area (Å²) in [7, 11) is 2.98. The van der Waals surface area contributed by atoms with Gasteiger partial charge in [-0.2, -0.15) is 0 Å². The molecule has 2 N–H and O–H groups in total. The van der Waals surface area contributed by atoms with E-state index in [2.05, 4.69) is 0 Å². The second kappa shape index (κ2) is 4.84. The van der Waals surface area contributed by atoms with Crippen LogP contribution in [0.15, 0.2) is 12.1 Å². The van der Waals surface area contributed by atoms with Gasteiger partial charge in [0.25, 0.3) is 0 Å². The summed E-state index contributed by atoms with van der Waals surface area (Å²) < 4.78 is 10.5. The van der Waals surface area contributed by atoms with Crippen LogP contribution in [0.4, 0.5) is 0 Å². The second-order valence-corrected chi connectivity index (χ2v) is 5.08. The van der Waals surface area contributed by atoms with Gasteiger partial charge in [-0.05, 0) is 18.9 Å². The fourth-order valence-electron chi connectivity index (χ4n) is 2.94. The first-order valence-electron chi connectivity index (χ1n) is 6.74. The molecular formula is C16H16O5. The normalized spacial score (nSPS) is 14.1. The van der Waals surface area contributed by atoms with E-state index in [1.807, 2.05) is 0 Å². The summed E-state index contributed by atoms with van der Waals surface area (Å²) in [6, 6.07) is 3.24. The topological polar surface area (TPSA) is 76.0 Å². The Morgan fingerprint density at radius 1 is 1.05 bits per heavy atom. The molecule has 21 heavy (non-hydrogen) atoms. The van der Waals surface area contributed by atoms with Crippen LogP contribution < -0.4 is 9.47 Å². The molecule has 0 amide bonds. The van der Waals surface area contributed by atoms with E-state index in [9.17, 15) is 15.0 Å². The molecule has 0 saturated carbocycles. The van der Waals surface area contributed by atoms with E-state index in [4.69, 9.17) is 9.47 Å². The van der Waals surface area contributed by atoms with Crippen molar-refractivity contribution in [2.24, 2.45) is 0 Å². The molecule has 0 atom stereocenters. The van der Waals surface area contributed by atoms with Crippen molar-refractivity contribution >= 4 is 16.6 Å². The Balaban J connectivity index is 2.47. The fourth-order valence-corrected chi connectivity index (χ4v) is 2.94. The van der Waals surface area contributed by atoms with Gasteiger partial charge < -0.3 is 19.7 Å². The van der Waals surface area contributed by atoms with Crippen molar-refractivity contribution in [3.05, 3.63) is 23.3 Å². The maximum Gasteiger partial charge on any atom is 0.167 e. The third kappa shape index (κ3) is 1.88. The molecule has 1 aliphatic carbocycles. The number of carbonyl (C=O) groups excluding carboxylic acids is 1. The highest BCUT2D eigenvalue weighted by Gasteiger charge is 2.28. The van der Waals surface area contributed by atoms with Crippen LogP contribution in [0.1, 0.15) is 28.8 Å². The maximum absolute atomic E-state index is 12.1. The van der Waals surface area contributed by atoms with E-state index in [1.165, 1.54) is 14.2 Å². The highest BCUT2D eigenvalue weighted by Crippen LogP contribution is 2.47. The number of benzene rings is 2. The maximum atomic E-state index is 12.1. The quantitative estimate of drug-likeness (QED) is 0.831. The average Bonchev–Trinajstić information content (AvgIpc) is 2.51. The number of ketones is 1. The molecular weight excluding hydrogens is 272 g/mol. The van der Waals surface area contributed by atoms with Gasteiger partial charge >= 0.3 is 0 Å². The third-order valence-corrected chi connectivity index (χ3v) is 3.96. The van der Waals surface area contributed by atoms with E-state index in [0.717, 1.165) is 0 Å². The fraction of sp³-hybridized carbons (Fsp3) is 0.312. The monoisotopic (exact) mass is 288 g/mol. The zero-order valence-corrected chi connectivity index (χ0v) is 11.9. The van der Waals surface area contributed by atoms with Gasteiger partial charge in [-0.25, -0.2) is 0 Å². The molecule has 1 aliphatic rings. The minimum atomic E-state index is -0.149. The number of carbonyl (C=O) groups is 1. The van der Waals surface area contributed by atoms with Gasteiger partial charge in [0.2, 0.25) is 0 Å². The summed E-state index contributed by atoms with van der Waals surface area (Å²) in [5.41, 5.74) is 0.723. The molecule has 0 fully saturated rings. The number of hydrogen-bond donors (Lipinski definition) is 2. The lowest BCUT2D eigenvalue weighted by molar-refractivity contribution is 0.0969. The van der Waals surface area contributed by atoms with E-state index >= 15 is 0 Å². The van der Waals surface area contributed by atoms with E-state index in [0.29, 0.717) is 47.1 Å². The molecule has 0 unspecified atom stereocenters. The van der Waals surface area contributed by atoms with Crippen LogP contribution in [0.3, 0.4) is 0 Å². The molecule has 3 rings (SSSR count). The van der Waals surface area contributed by atoms with Crippen LogP contribution in [0.2, 0.25) is 0 Å². The number of rotatable bonds is 2. The zero-order chi connectivity index (χ0) is 15.1. The summed E-state index contributed by atoms with van der Waals surface area (Å²) in [6.07, 6.45) is 1.62. The summed E-state index contributed by atoms with van der Waals surface area (Å²) in [6.45, 7) is 0. The number of phenols is 2. The Labute approximate surface area is 121 Å². The lowest BCUT2D eigenvalue weighted by atomic mass is 9.86. The van der Waals surface area contributed by atoms with Crippen LogP contribution in [0, 0.1) is 0 Å². The third-order valence-electron chi connectivity index (χ3n) is 3.96. The molecule has 0 radical (unpaired) electrons. The van der Waals surface area contributed by atoms with Gasteiger partial charge in [0, 0.05) is 23.4 Å². The van der Waals surface area contributed by atoms with Crippen molar-refractivity contribution in [1.29, 1.82) is 0 Å². The van der Waals surface area contributed by atoms with E-state index < -0.39 is 0 Å². The predicted molar refractivity (Wildman–Crippen MR) is 77.7 cm³/mol. The van der Waals surface area contributed by atoms with Crippen molar-refractivity contribution in [3.8, 4) is 23.0 Å². The predicted octanol–water partition coefficient (Wildman–Crippen LogP) is 2.79. The molecule has 0 bridgehead atoms. The first-order valence-corrected chi connectivity index (χ1v) is 6.74. The van der Waals surface area contributed by atoms with Gasteiger partial charge in [-0.1, -0.05) is 0 Å². The molecule has 0 aromatic heterocycles. The Kier molecular flexibility index (Phi) is 3.12. The summed E-state index contributed by atoms with van der Waals surface area (Å²) >= 11 is 0. The molecule has 5 nitrogen and oxygen atoms in total. The van der Waals surface area contributed by atoms with Crippen molar-refractivity contribution in [1.82, 2.24) is 0 Å². The van der Waals surface area contributed by atoms with Gasteiger partial charge in [-0.3, -0.25) is 4.79 Å². The average molecular weight is 288 g/mol. The smallest absolute Gasteiger partial charge is 0.167 e. The van der Waals surface area contributed by atoms with Crippen LogP contribution in [0.25, 0.3) is 10.8 Å². The first-order chi connectivity index (χ1) is 10.1. The summed E-state index contributed by atoms with van der Waals surface area (Å²) in [4.78, 5) is 12.1. The molecule has 0 aliphatic heterocycles. The highest BCUT2D eigenvalue weighted by molar-refractivity contribution is 6.11. The van der Waals surface area contributed by atoms with Crippen molar-refractivity contribution in [3.63, 3.8) is 0 Å². The van der Waals surface area contributed by atoms with Gasteiger partial charge in [0.05, 0.1) is 25.2 Å². The standard InChI is InChI=1S/C16H16O5/c1-20-8-6-10-14(12(7-8)21-2)16(19)13-9(15(10)18)4-3-5-11(13)17/h6-7,18-19H,3-5H2,1-2H3. The SMILES string of the molecule is COc1cc(OC)c2c(O)c3c(c(O)c2c1)CCCC3=O. The Morgan fingerprint density at radius 2 is 1.81 bits per heavy atom. The lowest BCUT2D eigenvalue weighted by Gasteiger charge is -2.21. The number of ether oxygens (including phenoxy) is 2. The highest BCUT2D eigenvalue weighted by atomic mass is 16.5. The molecule has 110 valence electrons. The number of aromatic hydroxyl groups is 2. The van der Waals surface area contributed by atoms with Gasteiger partial charge in [0.15, 0.2) is 5.78 Å². The van der Waals surface area contributed by atoms with Crippen molar-refractivity contribution in [2.75, 3.05) is 14.2 Å². The number of hydrogen-bond acceptors (Lipinski definition) is 5. The Hall–Kier alpha value is -2.43. The minimum Gasteiger partial charge on any atom is -0.507 e. The van der Waals surface area contributed by atoms with Crippen LogP contribution in [0.5, 0.6) is 23.0 Å². The molecule has 0 saturated heterocycles. The van der Waals surface area contributed by atoms with E-state index in [1.54, 1.807) is 12.1 Å². The van der Waals surface area contributed by atoms with Crippen LogP contribution in [-0.4, -0.2) is 30.2 Å². The van der Waals surface area contributed by atoms with E-state index in [-0.39, 0.29) is 22.8 Å². The molecule has 2 aromatic carbocycles. The van der Waals surface area contributed by atoms with Crippen molar-refractivity contribution < 1.29 is 24.5 Å². The minimum absolute atomic E-state index is 0.0167. The first kappa shape index (κ1) is 13.5. The van der Waals surface area contributed by atoms with Gasteiger partial charge in [-0.15, -0.1) is 0 Å². The lowest BCUT2D eigenvalue weighted by Crippen LogP contribution is -2.11. The Morgan fingerprint density at radius 3 is 2.48 bits per heavy atom. The summed E-state index contributed by atoms with van der Waals surface area (Å²) in [5.74, 6) is 0.614. The number of fused-ring (bicyclic) bond motifs is 2. The largest absolute Gasteiger partial charge is 0.507 e. The van der Waals surface area contributed by atoms with Gasteiger partial charge in [0.1, 0.15) is 23.0 Å².